The van der Waals surface area contributed by atoms with Crippen molar-refractivity contribution in [2.45, 2.75) is 25.2 Å². The normalized spacial score (nSPS) is 11.4. The van der Waals surface area contributed by atoms with Gasteiger partial charge in [0.2, 0.25) is 10.0 Å². The lowest BCUT2D eigenvalue weighted by atomic mass is 10.1. The van der Waals surface area contributed by atoms with E-state index in [-0.39, 0.29) is 11.5 Å². The molecule has 21 heavy (non-hydrogen) atoms. The van der Waals surface area contributed by atoms with Crippen molar-refractivity contribution >= 4 is 16.0 Å². The van der Waals surface area contributed by atoms with Crippen LogP contribution in [0.15, 0.2) is 29.2 Å². The van der Waals surface area contributed by atoms with E-state index >= 15 is 0 Å². The van der Waals surface area contributed by atoms with Gasteiger partial charge in [0.1, 0.15) is 5.75 Å². The maximum atomic E-state index is 12.0. The fourth-order valence-corrected chi connectivity index (χ4v) is 2.53. The van der Waals surface area contributed by atoms with E-state index in [0.717, 1.165) is 6.42 Å². The molecule has 0 heterocycles. The Hall–Kier alpha value is -1.60. The average Bonchev–Trinajstić information content (AvgIpc) is 2.44. The van der Waals surface area contributed by atoms with Gasteiger partial charge in [-0.05, 0) is 36.6 Å². The lowest BCUT2D eigenvalue weighted by Crippen LogP contribution is -2.25. The largest absolute Gasteiger partial charge is 0.482 e. The molecule has 0 aromatic heterocycles. The summed E-state index contributed by atoms with van der Waals surface area (Å²) in [5.41, 5.74) is 0. The molecule has 0 aliphatic carbocycles. The number of esters is 1. The van der Waals surface area contributed by atoms with Crippen LogP contribution in [0.1, 0.15) is 20.3 Å². The zero-order chi connectivity index (χ0) is 15.9. The third-order valence-electron chi connectivity index (χ3n) is 2.73. The highest BCUT2D eigenvalue weighted by Gasteiger charge is 2.13. The van der Waals surface area contributed by atoms with Gasteiger partial charge in [0.25, 0.3) is 0 Å². The van der Waals surface area contributed by atoms with Crippen LogP contribution in [0.5, 0.6) is 5.75 Å². The van der Waals surface area contributed by atoms with Crippen molar-refractivity contribution in [3.63, 3.8) is 0 Å². The number of ether oxygens (including phenoxy) is 2. The summed E-state index contributed by atoms with van der Waals surface area (Å²) < 4.78 is 36.2. The molecule has 0 radical (unpaired) electrons. The number of carbonyl (C=O) groups excluding carboxylic acids is 1. The van der Waals surface area contributed by atoms with Gasteiger partial charge in [-0.2, -0.15) is 0 Å². The minimum absolute atomic E-state index is 0.164. The first-order valence-electron chi connectivity index (χ1n) is 6.64. The number of rotatable bonds is 8. The first-order valence-corrected chi connectivity index (χ1v) is 8.13. The molecule has 0 spiro atoms. The van der Waals surface area contributed by atoms with Gasteiger partial charge in [-0.1, -0.05) is 13.8 Å². The van der Waals surface area contributed by atoms with Gasteiger partial charge >= 0.3 is 5.97 Å². The summed E-state index contributed by atoms with van der Waals surface area (Å²) in [5, 5.41) is 0. The van der Waals surface area contributed by atoms with Crippen LogP contribution in [0, 0.1) is 5.92 Å². The Bertz CT molecular complexity index is 551. The lowest BCUT2D eigenvalue weighted by Gasteiger charge is -2.09. The third kappa shape index (κ3) is 6.14. The SMILES string of the molecule is COC(=O)COc1ccc(S(=O)(=O)NCCC(C)C)cc1. The van der Waals surface area contributed by atoms with Crippen molar-refractivity contribution in [2.75, 3.05) is 20.3 Å². The number of hydrogen-bond donors (Lipinski definition) is 1. The second kappa shape index (κ2) is 7.99. The van der Waals surface area contributed by atoms with E-state index in [9.17, 15) is 13.2 Å². The van der Waals surface area contributed by atoms with Crippen molar-refractivity contribution in [1.82, 2.24) is 4.72 Å². The first-order chi connectivity index (χ1) is 9.85. The molecule has 0 bridgehead atoms. The molecule has 118 valence electrons. The summed E-state index contributed by atoms with van der Waals surface area (Å²) in [6, 6.07) is 5.87. The van der Waals surface area contributed by atoms with Gasteiger partial charge in [0.15, 0.2) is 6.61 Å². The number of hydrogen-bond acceptors (Lipinski definition) is 5. The van der Waals surface area contributed by atoms with Gasteiger partial charge < -0.3 is 9.47 Å². The van der Waals surface area contributed by atoms with Gasteiger partial charge in [-0.3, -0.25) is 0 Å². The Balaban J connectivity index is 2.61. The zero-order valence-electron chi connectivity index (χ0n) is 12.5. The van der Waals surface area contributed by atoms with E-state index < -0.39 is 16.0 Å². The predicted octanol–water partition coefficient (Wildman–Crippen LogP) is 1.56. The minimum atomic E-state index is -3.51. The van der Waals surface area contributed by atoms with Crippen LogP contribution in [0.25, 0.3) is 0 Å². The van der Waals surface area contributed by atoms with Gasteiger partial charge in [0.05, 0.1) is 12.0 Å². The molecule has 1 rings (SSSR count). The molecule has 1 aromatic carbocycles. The molecule has 0 fully saturated rings. The molecular formula is C14H21NO5S. The number of methoxy groups -OCH3 is 1. The van der Waals surface area contributed by atoms with Crippen molar-refractivity contribution in [1.29, 1.82) is 0 Å². The molecule has 0 saturated heterocycles. The van der Waals surface area contributed by atoms with Crippen molar-refractivity contribution in [2.24, 2.45) is 5.92 Å². The quantitative estimate of drug-likeness (QED) is 0.736. The second-order valence-corrected chi connectivity index (χ2v) is 6.68. The van der Waals surface area contributed by atoms with Crippen LogP contribution >= 0.6 is 0 Å². The number of carbonyl (C=O) groups is 1. The molecule has 0 aliphatic heterocycles. The fraction of sp³-hybridized carbons (Fsp3) is 0.500. The van der Waals surface area contributed by atoms with E-state index in [4.69, 9.17) is 4.74 Å². The Morgan fingerprint density at radius 2 is 1.86 bits per heavy atom. The van der Waals surface area contributed by atoms with Crippen LogP contribution in [0.4, 0.5) is 0 Å². The van der Waals surface area contributed by atoms with Gasteiger partial charge in [0, 0.05) is 6.54 Å². The molecule has 0 atom stereocenters. The highest BCUT2D eigenvalue weighted by molar-refractivity contribution is 7.89. The van der Waals surface area contributed by atoms with Crippen LogP contribution in [0.2, 0.25) is 0 Å². The van der Waals surface area contributed by atoms with Crippen molar-refractivity contribution < 1.29 is 22.7 Å². The Morgan fingerprint density at radius 3 is 2.38 bits per heavy atom. The summed E-state index contributed by atoms with van der Waals surface area (Å²) in [7, 11) is -2.24. The molecule has 1 aromatic rings. The van der Waals surface area contributed by atoms with Gasteiger partial charge in [-0.25, -0.2) is 17.9 Å². The number of benzene rings is 1. The maximum absolute atomic E-state index is 12.0. The lowest BCUT2D eigenvalue weighted by molar-refractivity contribution is -0.142. The topological polar surface area (TPSA) is 81.7 Å². The highest BCUT2D eigenvalue weighted by atomic mass is 32.2. The highest BCUT2D eigenvalue weighted by Crippen LogP contribution is 2.16. The molecule has 1 N–H and O–H groups in total. The van der Waals surface area contributed by atoms with E-state index in [1.807, 2.05) is 13.8 Å². The van der Waals surface area contributed by atoms with Gasteiger partial charge in [-0.15, -0.1) is 0 Å². The standard InChI is InChI=1S/C14H21NO5S/c1-11(2)8-9-15-21(17,18)13-6-4-12(5-7-13)20-10-14(16)19-3/h4-7,11,15H,8-10H2,1-3H3. The first kappa shape index (κ1) is 17.5. The summed E-state index contributed by atoms with van der Waals surface area (Å²) >= 11 is 0. The number of sulfonamides is 1. The average molecular weight is 315 g/mol. The smallest absolute Gasteiger partial charge is 0.343 e. The Morgan fingerprint density at radius 1 is 1.24 bits per heavy atom. The van der Waals surface area contributed by atoms with Crippen molar-refractivity contribution in [3.05, 3.63) is 24.3 Å². The zero-order valence-corrected chi connectivity index (χ0v) is 13.3. The van der Waals surface area contributed by atoms with E-state index in [0.29, 0.717) is 18.2 Å². The van der Waals surface area contributed by atoms with Crippen LogP contribution < -0.4 is 9.46 Å². The molecule has 6 nitrogen and oxygen atoms in total. The van der Waals surface area contributed by atoms with Crippen LogP contribution in [-0.2, 0) is 19.6 Å². The molecule has 0 aliphatic rings. The van der Waals surface area contributed by atoms with Crippen LogP contribution in [0.3, 0.4) is 0 Å². The second-order valence-electron chi connectivity index (χ2n) is 4.92. The molecule has 7 heteroatoms. The van der Waals surface area contributed by atoms with E-state index in [1.165, 1.54) is 31.4 Å². The summed E-state index contributed by atoms with van der Waals surface area (Å²) in [4.78, 5) is 11.1. The molecule has 0 unspecified atom stereocenters. The summed E-state index contributed by atoms with van der Waals surface area (Å²) in [5.74, 6) is 0.338. The monoisotopic (exact) mass is 315 g/mol. The Kier molecular flexibility index (Phi) is 6.64. The third-order valence-corrected chi connectivity index (χ3v) is 4.21. The summed E-state index contributed by atoms with van der Waals surface area (Å²) in [6.07, 6.45) is 0.777. The summed E-state index contributed by atoms with van der Waals surface area (Å²) in [6.45, 7) is 4.25. The predicted molar refractivity (Wildman–Crippen MR) is 78.6 cm³/mol. The minimum Gasteiger partial charge on any atom is -0.482 e. The molecule has 0 saturated carbocycles. The molecule has 0 amide bonds. The van der Waals surface area contributed by atoms with E-state index in [1.54, 1.807) is 0 Å². The Labute approximate surface area is 125 Å². The van der Waals surface area contributed by atoms with E-state index in [2.05, 4.69) is 9.46 Å². The fourth-order valence-electron chi connectivity index (χ4n) is 1.48. The van der Waals surface area contributed by atoms with Crippen LogP contribution in [-0.4, -0.2) is 34.6 Å². The number of nitrogens with one attached hydrogen (secondary N) is 1. The maximum Gasteiger partial charge on any atom is 0.343 e. The molecular weight excluding hydrogens is 294 g/mol. The van der Waals surface area contributed by atoms with Crippen molar-refractivity contribution in [3.8, 4) is 5.75 Å².